The molecule has 1 saturated carbocycles. The number of nitrogens with zero attached hydrogens (tertiary/aromatic N) is 2. The lowest BCUT2D eigenvalue weighted by Gasteiger charge is -2.46. The van der Waals surface area contributed by atoms with Crippen LogP contribution in [0.15, 0.2) is 35.3 Å². The summed E-state index contributed by atoms with van der Waals surface area (Å²) in [4.78, 5) is 6.99. The van der Waals surface area contributed by atoms with Crippen molar-refractivity contribution in [3.05, 3.63) is 35.9 Å². The Morgan fingerprint density at radius 3 is 2.81 bits per heavy atom. The van der Waals surface area contributed by atoms with Crippen LogP contribution in [0.3, 0.4) is 0 Å². The number of rotatable bonds is 3. The lowest BCUT2D eigenvalue weighted by molar-refractivity contribution is 0.0851. The molecule has 114 valence electrons. The highest BCUT2D eigenvalue weighted by atomic mass is 15.4. The van der Waals surface area contributed by atoms with Gasteiger partial charge in [-0.25, -0.2) is 0 Å². The predicted octanol–water partition coefficient (Wildman–Crippen LogP) is 3.40. The summed E-state index contributed by atoms with van der Waals surface area (Å²) in [7, 11) is 0. The summed E-state index contributed by atoms with van der Waals surface area (Å²) in [6.45, 7) is 6.48. The first kappa shape index (κ1) is 14.4. The smallest absolute Gasteiger partial charge is 0.192 e. The standard InChI is InChI=1S/C18H27N3/c1-14(2)16-9-6-10-18(11-16)13-20-17(19)21(18)12-15-7-4-3-5-8-15/h3-5,7-8,14,16H,6,9-13H2,1-2H3,(H2,19,20). The molecular weight excluding hydrogens is 258 g/mol. The molecule has 0 radical (unpaired) electrons. The van der Waals surface area contributed by atoms with Gasteiger partial charge in [-0.3, -0.25) is 4.99 Å². The van der Waals surface area contributed by atoms with Crippen molar-refractivity contribution >= 4 is 5.96 Å². The van der Waals surface area contributed by atoms with E-state index in [2.05, 4.69) is 54.1 Å². The van der Waals surface area contributed by atoms with E-state index in [1.165, 1.54) is 31.2 Å². The van der Waals surface area contributed by atoms with Crippen molar-refractivity contribution in [1.82, 2.24) is 4.90 Å². The van der Waals surface area contributed by atoms with Gasteiger partial charge in [0.1, 0.15) is 0 Å². The molecule has 1 aliphatic carbocycles. The lowest BCUT2D eigenvalue weighted by atomic mass is 9.71. The van der Waals surface area contributed by atoms with Gasteiger partial charge in [-0.1, -0.05) is 57.0 Å². The number of aliphatic imine (C=N–C) groups is 1. The van der Waals surface area contributed by atoms with E-state index < -0.39 is 0 Å². The maximum Gasteiger partial charge on any atom is 0.192 e. The summed E-state index contributed by atoms with van der Waals surface area (Å²) in [5.74, 6) is 2.30. The Hall–Kier alpha value is -1.51. The highest BCUT2D eigenvalue weighted by Gasteiger charge is 2.45. The molecule has 0 aromatic heterocycles. The summed E-state index contributed by atoms with van der Waals surface area (Å²) < 4.78 is 0. The van der Waals surface area contributed by atoms with Crippen molar-refractivity contribution in [3.8, 4) is 0 Å². The molecule has 1 fully saturated rings. The first-order valence-corrected chi connectivity index (χ1v) is 8.22. The van der Waals surface area contributed by atoms with Crippen LogP contribution in [-0.2, 0) is 6.54 Å². The van der Waals surface area contributed by atoms with Crippen LogP contribution < -0.4 is 5.73 Å². The Balaban J connectivity index is 1.81. The lowest BCUT2D eigenvalue weighted by Crippen LogP contribution is -2.53. The normalized spacial score (nSPS) is 29.2. The van der Waals surface area contributed by atoms with Crippen LogP contribution in [0.5, 0.6) is 0 Å². The zero-order valence-electron chi connectivity index (χ0n) is 13.3. The average Bonchev–Trinajstić information content (AvgIpc) is 2.78. The fourth-order valence-corrected chi connectivity index (χ4v) is 4.00. The van der Waals surface area contributed by atoms with Gasteiger partial charge in [-0.15, -0.1) is 0 Å². The molecule has 1 heterocycles. The minimum Gasteiger partial charge on any atom is -0.370 e. The van der Waals surface area contributed by atoms with Crippen molar-refractivity contribution in [2.45, 2.75) is 51.6 Å². The van der Waals surface area contributed by atoms with Gasteiger partial charge < -0.3 is 10.6 Å². The van der Waals surface area contributed by atoms with E-state index in [0.717, 1.165) is 30.9 Å². The molecule has 1 aromatic rings. The molecule has 1 aromatic carbocycles. The van der Waals surface area contributed by atoms with Crippen LogP contribution in [0.4, 0.5) is 0 Å². The van der Waals surface area contributed by atoms with Crippen LogP contribution >= 0.6 is 0 Å². The average molecular weight is 285 g/mol. The van der Waals surface area contributed by atoms with E-state index in [1.807, 2.05) is 0 Å². The summed E-state index contributed by atoms with van der Waals surface area (Å²) in [5.41, 5.74) is 7.73. The quantitative estimate of drug-likeness (QED) is 0.924. The Morgan fingerprint density at radius 2 is 2.10 bits per heavy atom. The number of benzene rings is 1. The summed E-state index contributed by atoms with van der Waals surface area (Å²) >= 11 is 0. The van der Waals surface area contributed by atoms with E-state index >= 15 is 0 Å². The fourth-order valence-electron chi connectivity index (χ4n) is 4.00. The van der Waals surface area contributed by atoms with Crippen molar-refractivity contribution < 1.29 is 0 Å². The van der Waals surface area contributed by atoms with Crippen LogP contribution in [0.1, 0.15) is 45.1 Å². The van der Waals surface area contributed by atoms with Crippen LogP contribution in [0.25, 0.3) is 0 Å². The van der Waals surface area contributed by atoms with Gasteiger partial charge >= 0.3 is 0 Å². The van der Waals surface area contributed by atoms with Gasteiger partial charge in [-0.2, -0.15) is 0 Å². The topological polar surface area (TPSA) is 41.6 Å². The molecule has 3 nitrogen and oxygen atoms in total. The SMILES string of the molecule is CC(C)C1CCCC2(CN=C(N)N2Cc2ccccc2)C1. The summed E-state index contributed by atoms with van der Waals surface area (Å²) in [6.07, 6.45) is 5.13. The third kappa shape index (κ3) is 2.78. The minimum atomic E-state index is 0.174. The largest absolute Gasteiger partial charge is 0.370 e. The maximum absolute atomic E-state index is 6.23. The van der Waals surface area contributed by atoms with Crippen LogP contribution in [0.2, 0.25) is 0 Å². The van der Waals surface area contributed by atoms with Gasteiger partial charge in [-0.05, 0) is 30.2 Å². The first-order valence-electron chi connectivity index (χ1n) is 8.22. The Bertz CT molecular complexity index is 508. The molecule has 2 aliphatic rings. The third-order valence-electron chi connectivity index (χ3n) is 5.37. The monoisotopic (exact) mass is 285 g/mol. The molecule has 1 spiro atoms. The molecular formula is C18H27N3. The maximum atomic E-state index is 6.23. The van der Waals surface area contributed by atoms with Gasteiger partial charge in [0, 0.05) is 6.54 Å². The van der Waals surface area contributed by atoms with Crippen molar-refractivity contribution in [2.75, 3.05) is 6.54 Å². The summed E-state index contributed by atoms with van der Waals surface area (Å²) in [5, 5.41) is 0. The molecule has 2 atom stereocenters. The van der Waals surface area contributed by atoms with Crippen LogP contribution in [0, 0.1) is 11.8 Å². The number of hydrogen-bond acceptors (Lipinski definition) is 3. The van der Waals surface area contributed by atoms with Gasteiger partial charge in [0.05, 0.1) is 12.1 Å². The number of nitrogens with two attached hydrogens (primary N) is 1. The van der Waals surface area contributed by atoms with E-state index in [9.17, 15) is 0 Å². The molecule has 2 N–H and O–H groups in total. The minimum absolute atomic E-state index is 0.174. The van der Waals surface area contributed by atoms with Crippen molar-refractivity contribution in [1.29, 1.82) is 0 Å². The fraction of sp³-hybridized carbons (Fsp3) is 0.611. The predicted molar refractivity (Wildman–Crippen MR) is 88.0 cm³/mol. The van der Waals surface area contributed by atoms with E-state index in [1.54, 1.807) is 0 Å². The highest BCUT2D eigenvalue weighted by Crippen LogP contribution is 2.42. The molecule has 0 amide bonds. The third-order valence-corrected chi connectivity index (χ3v) is 5.37. The van der Waals surface area contributed by atoms with E-state index in [4.69, 9.17) is 5.73 Å². The van der Waals surface area contributed by atoms with E-state index in [0.29, 0.717) is 0 Å². The molecule has 0 saturated heterocycles. The summed E-state index contributed by atoms with van der Waals surface area (Å²) in [6, 6.07) is 10.6. The molecule has 3 heteroatoms. The Morgan fingerprint density at radius 1 is 1.33 bits per heavy atom. The second-order valence-corrected chi connectivity index (χ2v) is 7.07. The number of hydrogen-bond donors (Lipinski definition) is 1. The Kier molecular flexibility index (Phi) is 3.92. The first-order chi connectivity index (χ1) is 10.1. The number of guanidine groups is 1. The molecule has 0 bridgehead atoms. The van der Waals surface area contributed by atoms with Crippen molar-refractivity contribution in [2.24, 2.45) is 22.6 Å². The van der Waals surface area contributed by atoms with Gasteiger partial charge in [0.25, 0.3) is 0 Å². The van der Waals surface area contributed by atoms with Crippen molar-refractivity contribution in [3.63, 3.8) is 0 Å². The van der Waals surface area contributed by atoms with E-state index in [-0.39, 0.29) is 5.54 Å². The second kappa shape index (κ2) is 5.70. The zero-order chi connectivity index (χ0) is 14.9. The second-order valence-electron chi connectivity index (χ2n) is 7.07. The molecule has 2 unspecified atom stereocenters. The van der Waals surface area contributed by atoms with Gasteiger partial charge in [0.2, 0.25) is 0 Å². The molecule has 3 rings (SSSR count). The molecule has 21 heavy (non-hydrogen) atoms. The highest BCUT2D eigenvalue weighted by molar-refractivity contribution is 5.81. The van der Waals surface area contributed by atoms with Gasteiger partial charge in [0.15, 0.2) is 5.96 Å². The zero-order valence-corrected chi connectivity index (χ0v) is 13.3. The Labute approximate surface area is 128 Å². The molecule has 1 aliphatic heterocycles. The van der Waals surface area contributed by atoms with Crippen LogP contribution in [-0.4, -0.2) is 22.9 Å².